The van der Waals surface area contributed by atoms with Crippen molar-refractivity contribution in [2.75, 3.05) is 5.32 Å². The van der Waals surface area contributed by atoms with Crippen LogP contribution in [-0.2, 0) is 4.79 Å². The highest BCUT2D eigenvalue weighted by molar-refractivity contribution is 6.03. The fourth-order valence-corrected chi connectivity index (χ4v) is 1.77. The molecule has 19 heavy (non-hydrogen) atoms. The highest BCUT2D eigenvalue weighted by Gasteiger charge is 2.11. The van der Waals surface area contributed by atoms with Crippen molar-refractivity contribution in [2.24, 2.45) is 5.92 Å². The van der Waals surface area contributed by atoms with Crippen molar-refractivity contribution in [2.45, 2.75) is 13.8 Å². The highest BCUT2D eigenvalue weighted by atomic mass is 16.6. The summed E-state index contributed by atoms with van der Waals surface area (Å²) in [7, 11) is 0. The third-order valence-electron chi connectivity index (χ3n) is 2.86. The van der Waals surface area contributed by atoms with Crippen LogP contribution in [0.4, 0.5) is 11.4 Å². The average Bonchev–Trinajstić information content (AvgIpc) is 2.38. The zero-order chi connectivity index (χ0) is 14.0. The molecule has 0 aliphatic rings. The molecule has 0 aliphatic heterocycles. The van der Waals surface area contributed by atoms with Gasteiger partial charge in [-0.2, -0.15) is 0 Å². The number of carbonyl (C=O) groups is 1. The standard InChI is InChI=1S/C14H14N2O3/c1-9(2)14(17)15-13-5-3-4-10-8-11(16(18)19)6-7-12(10)13/h3-9H,1-2H3,(H,15,17). The molecule has 0 radical (unpaired) electrons. The van der Waals surface area contributed by atoms with Gasteiger partial charge in [0.05, 0.1) is 4.92 Å². The van der Waals surface area contributed by atoms with Gasteiger partial charge in [-0.15, -0.1) is 0 Å². The number of anilines is 1. The van der Waals surface area contributed by atoms with Crippen LogP contribution in [0.1, 0.15) is 13.8 Å². The maximum Gasteiger partial charge on any atom is 0.270 e. The van der Waals surface area contributed by atoms with E-state index in [1.807, 2.05) is 13.8 Å². The van der Waals surface area contributed by atoms with Crippen molar-refractivity contribution >= 4 is 28.1 Å². The van der Waals surface area contributed by atoms with Crippen LogP contribution in [0.25, 0.3) is 10.8 Å². The van der Waals surface area contributed by atoms with Crippen molar-refractivity contribution in [3.05, 3.63) is 46.5 Å². The summed E-state index contributed by atoms with van der Waals surface area (Å²) in [6, 6.07) is 9.93. The Bertz CT molecular complexity index is 650. The molecule has 0 heterocycles. The number of benzene rings is 2. The van der Waals surface area contributed by atoms with Gasteiger partial charge in [-0.3, -0.25) is 14.9 Å². The maximum absolute atomic E-state index is 11.7. The summed E-state index contributed by atoms with van der Waals surface area (Å²) in [6.45, 7) is 3.62. The first-order chi connectivity index (χ1) is 8.99. The first-order valence-corrected chi connectivity index (χ1v) is 5.97. The van der Waals surface area contributed by atoms with Crippen LogP contribution in [0.2, 0.25) is 0 Å². The molecule has 0 spiro atoms. The monoisotopic (exact) mass is 258 g/mol. The molecule has 5 heteroatoms. The van der Waals surface area contributed by atoms with Gasteiger partial charge >= 0.3 is 0 Å². The van der Waals surface area contributed by atoms with Gasteiger partial charge in [0.1, 0.15) is 0 Å². The van der Waals surface area contributed by atoms with Crippen LogP contribution >= 0.6 is 0 Å². The Morgan fingerprint density at radius 3 is 2.63 bits per heavy atom. The van der Waals surface area contributed by atoms with Crippen LogP contribution in [0.15, 0.2) is 36.4 Å². The Morgan fingerprint density at radius 1 is 1.26 bits per heavy atom. The van der Waals surface area contributed by atoms with Crippen molar-refractivity contribution in [3.8, 4) is 0 Å². The predicted molar refractivity (Wildman–Crippen MR) is 74.1 cm³/mol. The van der Waals surface area contributed by atoms with Gasteiger partial charge < -0.3 is 5.32 Å². The number of nitrogens with zero attached hydrogens (tertiary/aromatic N) is 1. The molecule has 98 valence electrons. The quantitative estimate of drug-likeness (QED) is 0.677. The number of nitro groups is 1. The number of fused-ring (bicyclic) bond motifs is 1. The second kappa shape index (κ2) is 5.06. The maximum atomic E-state index is 11.7. The van der Waals surface area contributed by atoms with Crippen molar-refractivity contribution in [1.29, 1.82) is 0 Å². The number of nitrogens with one attached hydrogen (secondary N) is 1. The molecular formula is C14H14N2O3. The van der Waals surface area contributed by atoms with Gasteiger partial charge in [0.2, 0.25) is 5.91 Å². The van der Waals surface area contributed by atoms with Crippen LogP contribution in [0, 0.1) is 16.0 Å². The van der Waals surface area contributed by atoms with Gasteiger partial charge in [0.15, 0.2) is 0 Å². The van der Waals surface area contributed by atoms with Crippen molar-refractivity contribution in [3.63, 3.8) is 0 Å². The average molecular weight is 258 g/mol. The number of carbonyl (C=O) groups excluding carboxylic acids is 1. The van der Waals surface area contributed by atoms with E-state index in [1.54, 1.807) is 24.3 Å². The van der Waals surface area contributed by atoms with E-state index >= 15 is 0 Å². The molecule has 1 N–H and O–H groups in total. The Balaban J connectivity index is 2.46. The minimum absolute atomic E-state index is 0.0415. The lowest BCUT2D eigenvalue weighted by Crippen LogP contribution is -2.17. The summed E-state index contributed by atoms with van der Waals surface area (Å²) < 4.78 is 0. The minimum atomic E-state index is -0.432. The number of hydrogen-bond acceptors (Lipinski definition) is 3. The topological polar surface area (TPSA) is 72.2 Å². The second-order valence-corrected chi connectivity index (χ2v) is 4.61. The Kier molecular flexibility index (Phi) is 3.46. The number of amides is 1. The van der Waals surface area contributed by atoms with E-state index in [0.717, 1.165) is 10.8 Å². The summed E-state index contributed by atoms with van der Waals surface area (Å²) in [4.78, 5) is 22.0. The molecule has 5 nitrogen and oxygen atoms in total. The SMILES string of the molecule is CC(C)C(=O)Nc1cccc2cc([N+](=O)[O-])ccc12. The molecule has 0 bridgehead atoms. The summed E-state index contributed by atoms with van der Waals surface area (Å²) in [6.07, 6.45) is 0. The summed E-state index contributed by atoms with van der Waals surface area (Å²) in [5, 5.41) is 15.1. The summed E-state index contributed by atoms with van der Waals surface area (Å²) >= 11 is 0. The Morgan fingerprint density at radius 2 is 2.00 bits per heavy atom. The number of hydrogen-bond donors (Lipinski definition) is 1. The van der Waals surface area contributed by atoms with E-state index in [-0.39, 0.29) is 17.5 Å². The van der Waals surface area contributed by atoms with E-state index < -0.39 is 4.92 Å². The van der Waals surface area contributed by atoms with Gasteiger partial charge in [-0.1, -0.05) is 26.0 Å². The van der Waals surface area contributed by atoms with Gasteiger partial charge in [0.25, 0.3) is 5.69 Å². The Hall–Kier alpha value is -2.43. The largest absolute Gasteiger partial charge is 0.325 e. The zero-order valence-corrected chi connectivity index (χ0v) is 10.7. The van der Waals surface area contributed by atoms with Crippen LogP contribution in [0.5, 0.6) is 0 Å². The molecule has 2 aromatic rings. The number of nitro benzene ring substituents is 1. The third-order valence-corrected chi connectivity index (χ3v) is 2.86. The summed E-state index contributed by atoms with van der Waals surface area (Å²) in [5.74, 6) is -0.195. The van der Waals surface area contributed by atoms with Crippen molar-refractivity contribution in [1.82, 2.24) is 0 Å². The molecule has 0 saturated carbocycles. The molecule has 0 unspecified atom stereocenters. The lowest BCUT2D eigenvalue weighted by Gasteiger charge is -2.10. The van der Waals surface area contributed by atoms with E-state index in [1.165, 1.54) is 12.1 Å². The van der Waals surface area contributed by atoms with Crippen LogP contribution in [-0.4, -0.2) is 10.8 Å². The van der Waals surface area contributed by atoms with Gasteiger partial charge in [-0.25, -0.2) is 0 Å². The lowest BCUT2D eigenvalue weighted by atomic mass is 10.1. The predicted octanol–water partition coefficient (Wildman–Crippen LogP) is 3.34. The molecule has 0 saturated heterocycles. The summed E-state index contributed by atoms with van der Waals surface area (Å²) in [5.41, 5.74) is 0.714. The van der Waals surface area contributed by atoms with Gasteiger partial charge in [-0.05, 0) is 17.5 Å². The number of non-ortho nitro benzene ring substituents is 1. The first-order valence-electron chi connectivity index (χ1n) is 5.97. The van der Waals surface area contributed by atoms with E-state index in [4.69, 9.17) is 0 Å². The zero-order valence-electron chi connectivity index (χ0n) is 10.7. The second-order valence-electron chi connectivity index (χ2n) is 4.61. The van der Waals surface area contributed by atoms with E-state index in [0.29, 0.717) is 5.69 Å². The van der Waals surface area contributed by atoms with E-state index in [9.17, 15) is 14.9 Å². The molecule has 1 amide bonds. The lowest BCUT2D eigenvalue weighted by molar-refractivity contribution is -0.384. The van der Waals surface area contributed by atoms with E-state index in [2.05, 4.69) is 5.32 Å². The van der Waals surface area contributed by atoms with Crippen LogP contribution < -0.4 is 5.32 Å². The molecule has 0 fully saturated rings. The molecule has 0 atom stereocenters. The highest BCUT2D eigenvalue weighted by Crippen LogP contribution is 2.27. The molecule has 2 rings (SSSR count). The minimum Gasteiger partial charge on any atom is -0.325 e. The fraction of sp³-hybridized carbons (Fsp3) is 0.214. The van der Waals surface area contributed by atoms with Crippen LogP contribution in [0.3, 0.4) is 0 Å². The first kappa shape index (κ1) is 13.0. The Labute approximate surface area is 110 Å². The number of rotatable bonds is 3. The molecule has 2 aromatic carbocycles. The van der Waals surface area contributed by atoms with Crippen molar-refractivity contribution < 1.29 is 9.72 Å². The molecular weight excluding hydrogens is 244 g/mol. The molecule has 0 aliphatic carbocycles. The molecule has 0 aromatic heterocycles. The fourth-order valence-electron chi connectivity index (χ4n) is 1.77. The third kappa shape index (κ3) is 2.70. The van der Waals surface area contributed by atoms with Gasteiger partial charge in [0, 0.05) is 29.1 Å². The normalized spacial score (nSPS) is 10.7. The smallest absolute Gasteiger partial charge is 0.270 e.